The van der Waals surface area contributed by atoms with Crippen LogP contribution >= 0.6 is 0 Å². The Morgan fingerprint density at radius 1 is 1.09 bits per heavy atom. The molecule has 0 radical (unpaired) electrons. The minimum Gasteiger partial charge on any atom is -0.365 e. The summed E-state index contributed by atoms with van der Waals surface area (Å²) in [5, 5.41) is 10.8. The Balaban J connectivity index is 1.38. The third-order valence-electron chi connectivity index (χ3n) is 8.64. The van der Waals surface area contributed by atoms with Crippen LogP contribution in [0.2, 0.25) is 0 Å². The first kappa shape index (κ1) is 30.1. The molecule has 1 unspecified atom stereocenters. The van der Waals surface area contributed by atoms with Gasteiger partial charge in [0.05, 0.1) is 12.1 Å². The molecule has 2 fully saturated rings. The molecule has 2 atom stereocenters. The van der Waals surface area contributed by atoms with Gasteiger partial charge >= 0.3 is 11.9 Å². The number of halogens is 3. The van der Waals surface area contributed by atoms with Crippen LogP contribution in [0.5, 0.6) is 0 Å². The second-order valence-corrected chi connectivity index (χ2v) is 12.5. The molecular weight excluding hydrogens is 575 g/mol. The highest BCUT2D eigenvalue weighted by atomic mass is 19.4. The Kier molecular flexibility index (Phi) is 8.36. The lowest BCUT2D eigenvalue weighted by Crippen LogP contribution is -2.31. The molecule has 0 spiro atoms. The minimum atomic E-state index is -4.42. The quantitative estimate of drug-likeness (QED) is 0.208. The van der Waals surface area contributed by atoms with Gasteiger partial charge in [-0.3, -0.25) is 9.51 Å². The van der Waals surface area contributed by atoms with Crippen LogP contribution in [-0.2, 0) is 12.7 Å². The van der Waals surface area contributed by atoms with Gasteiger partial charge in [0.15, 0.2) is 11.5 Å². The van der Waals surface area contributed by atoms with E-state index in [0.717, 1.165) is 51.0 Å². The number of aromatic amines is 1. The predicted molar refractivity (Wildman–Crippen MR) is 160 cm³/mol. The lowest BCUT2D eigenvalue weighted by molar-refractivity contribution is -0.137. The fourth-order valence-electron chi connectivity index (χ4n) is 6.11. The van der Waals surface area contributed by atoms with Crippen molar-refractivity contribution in [2.24, 2.45) is 17.8 Å². The summed E-state index contributed by atoms with van der Waals surface area (Å²) in [7, 11) is 0. The number of hydrogen-bond acceptors (Lipinski definition) is 9. The van der Waals surface area contributed by atoms with Crippen LogP contribution in [0.15, 0.2) is 33.6 Å². The van der Waals surface area contributed by atoms with Gasteiger partial charge in [0.1, 0.15) is 5.52 Å². The van der Waals surface area contributed by atoms with E-state index in [1.165, 1.54) is 18.6 Å². The lowest BCUT2D eigenvalue weighted by atomic mass is 9.80. The van der Waals surface area contributed by atoms with Gasteiger partial charge in [-0.2, -0.15) is 18.2 Å². The molecule has 4 heterocycles. The highest BCUT2D eigenvalue weighted by Crippen LogP contribution is 2.34. The van der Waals surface area contributed by atoms with Gasteiger partial charge in [-0.1, -0.05) is 37.6 Å². The van der Waals surface area contributed by atoms with Crippen molar-refractivity contribution < 1.29 is 17.7 Å². The van der Waals surface area contributed by atoms with E-state index in [2.05, 4.69) is 51.4 Å². The molecule has 1 aliphatic carbocycles. The molecule has 1 aliphatic heterocycles. The van der Waals surface area contributed by atoms with Crippen molar-refractivity contribution in [2.75, 3.05) is 36.8 Å². The smallest absolute Gasteiger partial charge is 0.365 e. The van der Waals surface area contributed by atoms with Gasteiger partial charge in [0.25, 0.3) is 0 Å². The molecule has 14 heteroatoms. The summed E-state index contributed by atoms with van der Waals surface area (Å²) in [4.78, 5) is 30.9. The molecule has 1 aromatic carbocycles. The monoisotopic (exact) mass is 613 g/mol. The molecule has 44 heavy (non-hydrogen) atoms. The van der Waals surface area contributed by atoms with Crippen LogP contribution < -0.4 is 16.4 Å². The Morgan fingerprint density at radius 3 is 2.50 bits per heavy atom. The first-order valence-corrected chi connectivity index (χ1v) is 15.3. The number of likely N-dealkylation sites (tertiary alicyclic amines) is 1. The SMILES string of the molecule is CC(C)CN1CCC(CNc2nc3nc(-c4noc(=O)[nH]4)nc(N[C@H](C)C4CCC4)c3n2Cc2ccc(C(F)(F)F)cc2)C1. The Labute approximate surface area is 252 Å². The number of hydrogen-bond donors (Lipinski definition) is 3. The van der Waals surface area contributed by atoms with Crippen molar-refractivity contribution in [1.29, 1.82) is 0 Å². The molecule has 3 N–H and O–H groups in total. The van der Waals surface area contributed by atoms with E-state index < -0.39 is 17.5 Å². The molecule has 2 aliphatic rings. The second kappa shape index (κ2) is 12.2. The topological polar surface area (TPSA) is 130 Å². The Bertz CT molecular complexity index is 1640. The van der Waals surface area contributed by atoms with E-state index in [1.54, 1.807) is 0 Å². The molecule has 4 aromatic rings. The lowest BCUT2D eigenvalue weighted by Gasteiger charge is -2.32. The van der Waals surface area contributed by atoms with Crippen molar-refractivity contribution in [2.45, 2.75) is 65.2 Å². The van der Waals surface area contributed by atoms with Gasteiger partial charge in [0.2, 0.25) is 17.6 Å². The third-order valence-corrected chi connectivity index (χ3v) is 8.64. The summed E-state index contributed by atoms with van der Waals surface area (Å²) in [6, 6.07) is 5.26. The van der Waals surface area contributed by atoms with E-state index in [9.17, 15) is 18.0 Å². The zero-order valence-corrected chi connectivity index (χ0v) is 25.1. The number of nitrogens with zero attached hydrogens (tertiary/aromatic N) is 6. The number of benzene rings is 1. The van der Waals surface area contributed by atoms with Gasteiger partial charge in [0, 0.05) is 25.7 Å². The van der Waals surface area contributed by atoms with Crippen LogP contribution in [0.25, 0.3) is 22.8 Å². The number of alkyl halides is 3. The summed E-state index contributed by atoms with van der Waals surface area (Å²) in [5.74, 6) is 2.05. The van der Waals surface area contributed by atoms with Crippen molar-refractivity contribution in [3.05, 3.63) is 45.9 Å². The van der Waals surface area contributed by atoms with Gasteiger partial charge < -0.3 is 20.1 Å². The van der Waals surface area contributed by atoms with Crippen LogP contribution in [-0.4, -0.2) is 66.8 Å². The molecule has 11 nitrogen and oxygen atoms in total. The zero-order valence-electron chi connectivity index (χ0n) is 25.1. The normalized spacial score (nSPS) is 18.7. The van der Waals surface area contributed by atoms with E-state index in [1.807, 2.05) is 4.57 Å². The van der Waals surface area contributed by atoms with Crippen molar-refractivity contribution >= 4 is 22.9 Å². The molecule has 0 amide bonds. The number of aromatic nitrogens is 6. The summed E-state index contributed by atoms with van der Waals surface area (Å²) in [5.41, 5.74) is 0.950. The maximum absolute atomic E-state index is 13.3. The molecule has 6 rings (SSSR count). The maximum atomic E-state index is 13.3. The average molecular weight is 614 g/mol. The summed E-state index contributed by atoms with van der Waals surface area (Å²) < 4.78 is 46.5. The molecule has 1 saturated carbocycles. The summed E-state index contributed by atoms with van der Waals surface area (Å²) in [6.07, 6.45) is 0.0428. The predicted octanol–water partition coefficient (Wildman–Crippen LogP) is 5.23. The Morgan fingerprint density at radius 2 is 1.86 bits per heavy atom. The van der Waals surface area contributed by atoms with E-state index in [4.69, 9.17) is 14.5 Å². The molecule has 0 bridgehead atoms. The number of fused-ring (bicyclic) bond motifs is 1. The largest absolute Gasteiger partial charge is 0.439 e. The van der Waals surface area contributed by atoms with E-state index in [-0.39, 0.29) is 24.2 Å². The molecule has 236 valence electrons. The first-order chi connectivity index (χ1) is 21.0. The molecular formula is C30H38F3N9O2. The number of imidazole rings is 1. The highest BCUT2D eigenvalue weighted by Gasteiger charge is 2.31. The number of anilines is 2. The fourth-order valence-corrected chi connectivity index (χ4v) is 6.11. The summed E-state index contributed by atoms with van der Waals surface area (Å²) in [6.45, 7) is 10.6. The molecule has 3 aromatic heterocycles. The van der Waals surface area contributed by atoms with Crippen LogP contribution in [0.3, 0.4) is 0 Å². The Hall–Kier alpha value is -3.94. The third kappa shape index (κ3) is 6.59. The number of H-pyrrole nitrogens is 1. The van der Waals surface area contributed by atoms with Crippen molar-refractivity contribution in [1.82, 2.24) is 34.6 Å². The number of rotatable bonds is 11. The van der Waals surface area contributed by atoms with Crippen molar-refractivity contribution in [3.63, 3.8) is 0 Å². The zero-order chi connectivity index (χ0) is 31.0. The fraction of sp³-hybridized carbons (Fsp3) is 0.567. The summed E-state index contributed by atoms with van der Waals surface area (Å²) >= 11 is 0. The van der Waals surface area contributed by atoms with Crippen LogP contribution in [0.4, 0.5) is 24.9 Å². The van der Waals surface area contributed by atoms with Crippen molar-refractivity contribution in [3.8, 4) is 11.6 Å². The number of nitrogens with one attached hydrogen (secondary N) is 3. The first-order valence-electron chi connectivity index (χ1n) is 15.3. The van der Waals surface area contributed by atoms with E-state index >= 15 is 0 Å². The van der Waals surface area contributed by atoms with Gasteiger partial charge in [-0.25, -0.2) is 14.8 Å². The van der Waals surface area contributed by atoms with Crippen LogP contribution in [0.1, 0.15) is 57.6 Å². The minimum absolute atomic E-state index is 0.0826. The van der Waals surface area contributed by atoms with Gasteiger partial charge in [-0.15, -0.1) is 0 Å². The highest BCUT2D eigenvalue weighted by molar-refractivity contribution is 5.87. The average Bonchev–Trinajstić information content (AvgIpc) is 3.65. The standard InChI is InChI=1S/C30H38F3N9O2/c1-17(2)14-41-12-11-20(15-41)13-34-28-38-25-23(42(28)16-19-7-9-22(10-8-19)30(31,32)33)24(35-18(3)21-5-4-6-21)36-26(37-25)27-39-29(43)44-40-27/h7-10,17-18,20-21H,4-6,11-16H2,1-3H3,(H,39,40,43)(H2,34,35,36,37,38)/t18-,20?/m1/s1. The van der Waals surface area contributed by atoms with Gasteiger partial charge in [-0.05, 0) is 68.2 Å². The second-order valence-electron chi connectivity index (χ2n) is 12.5. The van der Waals surface area contributed by atoms with Crippen LogP contribution in [0, 0.1) is 17.8 Å². The maximum Gasteiger partial charge on any atom is 0.439 e. The van der Waals surface area contributed by atoms with E-state index in [0.29, 0.717) is 52.8 Å². The molecule has 1 saturated heterocycles.